The van der Waals surface area contributed by atoms with Gasteiger partial charge in [0.15, 0.2) is 0 Å². The number of rotatable bonds is 4. The van der Waals surface area contributed by atoms with Gasteiger partial charge in [-0.2, -0.15) is 10.1 Å². The van der Waals surface area contributed by atoms with Crippen molar-refractivity contribution in [1.82, 2.24) is 19.7 Å². The molecule has 2 heterocycles. The highest BCUT2D eigenvalue weighted by Gasteiger charge is 2.05. The summed E-state index contributed by atoms with van der Waals surface area (Å²) in [7, 11) is 0. The van der Waals surface area contributed by atoms with Gasteiger partial charge >= 0.3 is 0 Å². The van der Waals surface area contributed by atoms with E-state index in [1.54, 1.807) is 6.07 Å². The molecular weight excluding hydrogens is 312 g/mol. The largest absolute Gasteiger partial charge is 0.368 e. The molecule has 23 heavy (non-hydrogen) atoms. The first-order valence-electron chi connectivity index (χ1n) is 7.17. The van der Waals surface area contributed by atoms with E-state index in [0.29, 0.717) is 17.5 Å². The number of hydrogen-bond donors (Lipinski definition) is 2. The van der Waals surface area contributed by atoms with Gasteiger partial charge in [0, 0.05) is 17.4 Å². The van der Waals surface area contributed by atoms with Crippen LogP contribution in [0.5, 0.6) is 0 Å². The molecule has 3 N–H and O–H groups in total. The van der Waals surface area contributed by atoms with Crippen LogP contribution in [0.1, 0.15) is 17.0 Å². The highest BCUT2D eigenvalue weighted by Crippen LogP contribution is 2.20. The fraction of sp³-hybridized carbons (Fsp3) is 0.188. The lowest BCUT2D eigenvalue weighted by Gasteiger charge is -2.09. The van der Waals surface area contributed by atoms with Gasteiger partial charge in [-0.3, -0.25) is 4.68 Å². The number of hydrogen-bond acceptors (Lipinski definition) is 5. The maximum atomic E-state index is 5.89. The third-order valence-electron chi connectivity index (χ3n) is 3.35. The van der Waals surface area contributed by atoms with Crippen molar-refractivity contribution in [2.24, 2.45) is 0 Å². The maximum absolute atomic E-state index is 5.89. The Balaban J connectivity index is 1.81. The molecule has 0 aliphatic rings. The molecule has 1 aromatic carbocycles. The average Bonchev–Trinajstić information content (AvgIpc) is 2.76. The van der Waals surface area contributed by atoms with Crippen LogP contribution in [-0.4, -0.2) is 19.7 Å². The predicted octanol–water partition coefficient (Wildman–Crippen LogP) is 3.32. The van der Waals surface area contributed by atoms with Gasteiger partial charge in [0.25, 0.3) is 0 Å². The number of nitrogens with one attached hydrogen (secondary N) is 1. The first-order chi connectivity index (χ1) is 11.0. The molecule has 2 aromatic heterocycles. The SMILES string of the molecule is Cc1cc(C)n(Cc2cccc(Nc3cc(Cl)nc(N)n3)c2)n1. The number of nitrogen functional groups attached to an aromatic ring is 1. The van der Waals surface area contributed by atoms with E-state index in [-0.39, 0.29) is 5.95 Å². The minimum absolute atomic E-state index is 0.138. The third kappa shape index (κ3) is 3.78. The van der Waals surface area contributed by atoms with Gasteiger partial charge in [-0.1, -0.05) is 23.7 Å². The van der Waals surface area contributed by atoms with E-state index in [0.717, 1.165) is 22.6 Å². The zero-order chi connectivity index (χ0) is 16.4. The van der Waals surface area contributed by atoms with Gasteiger partial charge in [0.1, 0.15) is 11.0 Å². The lowest BCUT2D eigenvalue weighted by Crippen LogP contribution is -2.04. The zero-order valence-corrected chi connectivity index (χ0v) is 13.7. The number of nitrogens with two attached hydrogens (primary N) is 1. The van der Waals surface area contributed by atoms with Gasteiger partial charge in [-0.05, 0) is 37.6 Å². The van der Waals surface area contributed by atoms with E-state index in [4.69, 9.17) is 17.3 Å². The van der Waals surface area contributed by atoms with E-state index in [1.165, 1.54) is 0 Å². The molecule has 3 aromatic rings. The topological polar surface area (TPSA) is 81.7 Å². The molecule has 0 unspecified atom stereocenters. The van der Waals surface area contributed by atoms with Crippen LogP contribution >= 0.6 is 11.6 Å². The van der Waals surface area contributed by atoms with Crippen molar-refractivity contribution in [3.8, 4) is 0 Å². The van der Waals surface area contributed by atoms with Crippen LogP contribution in [0.25, 0.3) is 0 Å². The summed E-state index contributed by atoms with van der Waals surface area (Å²) < 4.78 is 1.98. The Morgan fingerprint density at radius 2 is 2.00 bits per heavy atom. The number of anilines is 3. The number of nitrogens with zero attached hydrogens (tertiary/aromatic N) is 4. The summed E-state index contributed by atoms with van der Waals surface area (Å²) in [6.45, 7) is 4.75. The Bertz CT molecular complexity index is 822. The molecule has 118 valence electrons. The lowest BCUT2D eigenvalue weighted by atomic mass is 10.2. The van der Waals surface area contributed by atoms with Crippen molar-refractivity contribution >= 4 is 29.1 Å². The molecule has 0 amide bonds. The van der Waals surface area contributed by atoms with Crippen molar-refractivity contribution in [2.45, 2.75) is 20.4 Å². The molecular formula is C16H17ClN6. The Labute approximate surface area is 139 Å². The third-order valence-corrected chi connectivity index (χ3v) is 3.54. The molecule has 0 saturated heterocycles. The number of aromatic nitrogens is 4. The second-order valence-electron chi connectivity index (χ2n) is 5.34. The standard InChI is InChI=1S/C16H17ClN6/c1-10-6-11(2)23(22-10)9-12-4-3-5-13(7-12)19-15-8-14(17)20-16(18)21-15/h3-8H,9H2,1-2H3,(H3,18,19,20,21). The fourth-order valence-electron chi connectivity index (χ4n) is 2.40. The van der Waals surface area contributed by atoms with Crippen molar-refractivity contribution in [2.75, 3.05) is 11.1 Å². The van der Waals surface area contributed by atoms with E-state index in [9.17, 15) is 0 Å². The van der Waals surface area contributed by atoms with Gasteiger partial charge < -0.3 is 11.1 Å². The van der Waals surface area contributed by atoms with Gasteiger partial charge in [0.05, 0.1) is 12.2 Å². The molecule has 0 bridgehead atoms. The Morgan fingerprint density at radius 1 is 1.17 bits per heavy atom. The van der Waals surface area contributed by atoms with Crippen molar-refractivity contribution in [3.05, 3.63) is 58.5 Å². The first kappa shape index (κ1) is 15.3. The number of benzene rings is 1. The summed E-state index contributed by atoms with van der Waals surface area (Å²) in [6.07, 6.45) is 0. The first-order valence-corrected chi connectivity index (χ1v) is 7.54. The lowest BCUT2D eigenvalue weighted by molar-refractivity contribution is 0.659. The summed E-state index contributed by atoms with van der Waals surface area (Å²) in [4.78, 5) is 7.96. The van der Waals surface area contributed by atoms with Gasteiger partial charge in [0.2, 0.25) is 5.95 Å². The smallest absolute Gasteiger partial charge is 0.223 e. The molecule has 0 radical (unpaired) electrons. The molecule has 7 heteroatoms. The second-order valence-corrected chi connectivity index (χ2v) is 5.73. The quantitative estimate of drug-likeness (QED) is 0.718. The molecule has 0 aliphatic carbocycles. The Kier molecular flexibility index (Phi) is 4.16. The fourth-order valence-corrected chi connectivity index (χ4v) is 2.59. The van der Waals surface area contributed by atoms with Crippen molar-refractivity contribution in [1.29, 1.82) is 0 Å². The molecule has 0 aliphatic heterocycles. The van der Waals surface area contributed by atoms with Crippen LogP contribution in [0.3, 0.4) is 0 Å². The molecule has 0 atom stereocenters. The summed E-state index contributed by atoms with van der Waals surface area (Å²) in [5.74, 6) is 0.699. The van der Waals surface area contributed by atoms with Gasteiger partial charge in [-0.15, -0.1) is 0 Å². The molecule has 6 nitrogen and oxygen atoms in total. The predicted molar refractivity (Wildman–Crippen MR) is 92.0 cm³/mol. The van der Waals surface area contributed by atoms with Crippen LogP contribution in [0, 0.1) is 13.8 Å². The summed E-state index contributed by atoms with van der Waals surface area (Å²) >= 11 is 5.89. The average molecular weight is 329 g/mol. The van der Waals surface area contributed by atoms with Crippen molar-refractivity contribution in [3.63, 3.8) is 0 Å². The van der Waals surface area contributed by atoms with Crippen LogP contribution in [0.4, 0.5) is 17.5 Å². The minimum atomic E-state index is 0.138. The Hall–Kier alpha value is -2.60. The Morgan fingerprint density at radius 3 is 2.70 bits per heavy atom. The maximum Gasteiger partial charge on any atom is 0.223 e. The second kappa shape index (κ2) is 6.26. The highest BCUT2D eigenvalue weighted by molar-refractivity contribution is 6.29. The minimum Gasteiger partial charge on any atom is -0.368 e. The number of halogens is 1. The summed E-state index contributed by atoms with van der Waals surface area (Å²) in [5.41, 5.74) is 9.79. The van der Waals surface area contributed by atoms with Crippen LogP contribution in [0.2, 0.25) is 5.15 Å². The molecule has 0 spiro atoms. The molecule has 0 saturated carbocycles. The van der Waals surface area contributed by atoms with E-state index < -0.39 is 0 Å². The monoisotopic (exact) mass is 328 g/mol. The number of aryl methyl sites for hydroxylation is 2. The van der Waals surface area contributed by atoms with Crippen LogP contribution in [-0.2, 0) is 6.54 Å². The van der Waals surface area contributed by atoms with E-state index in [1.807, 2.05) is 36.7 Å². The van der Waals surface area contributed by atoms with Crippen molar-refractivity contribution < 1.29 is 0 Å². The normalized spacial score (nSPS) is 10.7. The molecule has 0 fully saturated rings. The van der Waals surface area contributed by atoms with Crippen LogP contribution in [0.15, 0.2) is 36.4 Å². The van der Waals surface area contributed by atoms with E-state index >= 15 is 0 Å². The zero-order valence-electron chi connectivity index (χ0n) is 12.9. The van der Waals surface area contributed by atoms with Gasteiger partial charge in [-0.25, -0.2) is 4.98 Å². The summed E-state index contributed by atoms with van der Waals surface area (Å²) in [5, 5.41) is 7.97. The molecule has 3 rings (SSSR count). The summed E-state index contributed by atoms with van der Waals surface area (Å²) in [6, 6.07) is 11.7. The highest BCUT2D eigenvalue weighted by atomic mass is 35.5. The van der Waals surface area contributed by atoms with E-state index in [2.05, 4.69) is 32.5 Å². The van der Waals surface area contributed by atoms with Crippen LogP contribution < -0.4 is 11.1 Å².